The third-order valence-electron chi connectivity index (χ3n) is 3.23. The molecule has 0 unspecified atom stereocenters. The summed E-state index contributed by atoms with van der Waals surface area (Å²) >= 11 is 0. The maximum atomic E-state index is 5.42. The fraction of sp³-hybridized carbons (Fsp3) is 0.786. The highest BCUT2D eigenvalue weighted by molar-refractivity contribution is 5.49. The van der Waals surface area contributed by atoms with E-state index >= 15 is 0 Å². The van der Waals surface area contributed by atoms with Crippen LogP contribution in [0.2, 0.25) is 0 Å². The lowest BCUT2D eigenvalue weighted by molar-refractivity contribution is 0.154. The van der Waals surface area contributed by atoms with Crippen LogP contribution < -0.4 is 10.2 Å². The van der Waals surface area contributed by atoms with E-state index in [1.165, 1.54) is 5.56 Å². The third kappa shape index (κ3) is 4.77. The SMILES string of the molecule is CCOCCN(C)c1c(CNCCOC)c(C)nn1C. The van der Waals surface area contributed by atoms with Crippen molar-refractivity contribution in [2.45, 2.75) is 20.4 Å². The predicted molar refractivity (Wildman–Crippen MR) is 81.3 cm³/mol. The van der Waals surface area contributed by atoms with Gasteiger partial charge < -0.3 is 19.7 Å². The van der Waals surface area contributed by atoms with Gasteiger partial charge in [0.1, 0.15) is 5.82 Å². The topological polar surface area (TPSA) is 51.6 Å². The Morgan fingerprint density at radius 1 is 1.35 bits per heavy atom. The molecular weight excluding hydrogens is 256 g/mol. The first-order valence-corrected chi connectivity index (χ1v) is 7.12. The second kappa shape index (κ2) is 8.94. The number of ether oxygens (including phenoxy) is 2. The number of hydrogen-bond acceptors (Lipinski definition) is 5. The lowest BCUT2D eigenvalue weighted by Gasteiger charge is -2.21. The van der Waals surface area contributed by atoms with Crippen molar-refractivity contribution in [3.63, 3.8) is 0 Å². The summed E-state index contributed by atoms with van der Waals surface area (Å²) in [7, 11) is 5.77. The Kier molecular flexibility index (Phi) is 7.58. The van der Waals surface area contributed by atoms with Gasteiger partial charge in [0.25, 0.3) is 0 Å². The van der Waals surface area contributed by atoms with Crippen LogP contribution in [0.4, 0.5) is 5.82 Å². The largest absolute Gasteiger partial charge is 0.383 e. The molecule has 6 nitrogen and oxygen atoms in total. The van der Waals surface area contributed by atoms with Crippen molar-refractivity contribution >= 4 is 5.82 Å². The molecule has 0 aliphatic heterocycles. The second-order valence-electron chi connectivity index (χ2n) is 4.80. The zero-order valence-corrected chi connectivity index (χ0v) is 13.4. The molecular formula is C14H28N4O2. The number of nitrogens with one attached hydrogen (secondary N) is 1. The monoisotopic (exact) mass is 284 g/mol. The van der Waals surface area contributed by atoms with Crippen LogP contribution >= 0.6 is 0 Å². The summed E-state index contributed by atoms with van der Waals surface area (Å²) in [5, 5.41) is 7.91. The molecule has 0 bridgehead atoms. The molecule has 6 heteroatoms. The molecule has 0 saturated carbocycles. The van der Waals surface area contributed by atoms with Crippen LogP contribution in [0.3, 0.4) is 0 Å². The van der Waals surface area contributed by atoms with Crippen LogP contribution in [0.15, 0.2) is 0 Å². The maximum absolute atomic E-state index is 5.42. The Bertz CT molecular complexity index is 393. The van der Waals surface area contributed by atoms with Crippen molar-refractivity contribution < 1.29 is 9.47 Å². The minimum absolute atomic E-state index is 0.717. The smallest absolute Gasteiger partial charge is 0.131 e. The highest BCUT2D eigenvalue weighted by Crippen LogP contribution is 2.21. The number of aromatic nitrogens is 2. The standard InChI is InChI=1S/C14H28N4O2/c1-6-20-10-8-17(3)14-13(11-15-7-9-19-5)12(2)16-18(14)4/h15H,6-11H2,1-5H3. The molecule has 0 atom stereocenters. The van der Waals surface area contributed by atoms with Crippen molar-refractivity contribution in [3.8, 4) is 0 Å². The summed E-state index contributed by atoms with van der Waals surface area (Å²) in [6.45, 7) is 8.76. The Labute approximate surface area is 122 Å². The molecule has 1 rings (SSSR count). The Balaban J connectivity index is 2.67. The fourth-order valence-corrected chi connectivity index (χ4v) is 2.21. The summed E-state index contributed by atoms with van der Waals surface area (Å²) in [5.41, 5.74) is 2.30. The molecule has 1 aromatic rings. The predicted octanol–water partition coefficient (Wildman–Crippen LogP) is 0.937. The van der Waals surface area contributed by atoms with Gasteiger partial charge in [-0.2, -0.15) is 5.10 Å². The van der Waals surface area contributed by atoms with Crippen molar-refractivity contribution in [2.24, 2.45) is 7.05 Å². The molecule has 0 spiro atoms. The summed E-state index contributed by atoms with van der Waals surface area (Å²) in [6, 6.07) is 0. The van der Waals surface area contributed by atoms with Gasteiger partial charge in [-0.05, 0) is 13.8 Å². The highest BCUT2D eigenvalue weighted by Gasteiger charge is 2.16. The van der Waals surface area contributed by atoms with Gasteiger partial charge in [-0.25, -0.2) is 0 Å². The average molecular weight is 284 g/mol. The van der Waals surface area contributed by atoms with Crippen LogP contribution in [-0.2, 0) is 23.1 Å². The van der Waals surface area contributed by atoms with Crippen LogP contribution in [0.5, 0.6) is 0 Å². The first-order valence-electron chi connectivity index (χ1n) is 7.12. The number of nitrogens with zero attached hydrogens (tertiary/aromatic N) is 3. The van der Waals surface area contributed by atoms with E-state index in [4.69, 9.17) is 9.47 Å². The normalized spacial score (nSPS) is 11.1. The first-order chi connectivity index (χ1) is 9.61. The molecule has 0 amide bonds. The minimum atomic E-state index is 0.717. The number of anilines is 1. The Morgan fingerprint density at radius 2 is 2.10 bits per heavy atom. The van der Waals surface area contributed by atoms with E-state index in [2.05, 4.69) is 22.4 Å². The van der Waals surface area contributed by atoms with Gasteiger partial charge in [0, 0.05) is 53.0 Å². The Hall–Kier alpha value is -1.11. The van der Waals surface area contributed by atoms with E-state index < -0.39 is 0 Å². The number of aryl methyl sites for hydroxylation is 2. The van der Waals surface area contributed by atoms with Gasteiger partial charge in [-0.3, -0.25) is 4.68 Å². The lowest BCUT2D eigenvalue weighted by Crippen LogP contribution is -2.27. The number of rotatable bonds is 10. The van der Waals surface area contributed by atoms with Crippen LogP contribution in [0.25, 0.3) is 0 Å². The molecule has 1 aromatic heterocycles. The molecule has 0 fully saturated rings. The van der Waals surface area contributed by atoms with Crippen LogP contribution in [0, 0.1) is 6.92 Å². The summed E-state index contributed by atoms with van der Waals surface area (Å²) in [6.07, 6.45) is 0. The van der Waals surface area contributed by atoms with Crippen molar-refractivity contribution in [1.82, 2.24) is 15.1 Å². The average Bonchev–Trinajstić information content (AvgIpc) is 2.69. The molecule has 1 heterocycles. The molecule has 0 saturated heterocycles. The van der Waals surface area contributed by atoms with Crippen molar-refractivity contribution in [3.05, 3.63) is 11.3 Å². The van der Waals surface area contributed by atoms with Gasteiger partial charge in [0.05, 0.1) is 18.9 Å². The van der Waals surface area contributed by atoms with Gasteiger partial charge in [-0.15, -0.1) is 0 Å². The number of methoxy groups -OCH3 is 1. The van der Waals surface area contributed by atoms with E-state index in [1.807, 2.05) is 25.6 Å². The zero-order chi connectivity index (χ0) is 15.0. The molecule has 0 aliphatic rings. The third-order valence-corrected chi connectivity index (χ3v) is 3.23. The van der Waals surface area contributed by atoms with Gasteiger partial charge in [-0.1, -0.05) is 0 Å². The molecule has 20 heavy (non-hydrogen) atoms. The Morgan fingerprint density at radius 3 is 2.75 bits per heavy atom. The number of hydrogen-bond donors (Lipinski definition) is 1. The van der Waals surface area contributed by atoms with Gasteiger partial charge >= 0.3 is 0 Å². The minimum Gasteiger partial charge on any atom is -0.383 e. The fourth-order valence-electron chi connectivity index (χ4n) is 2.21. The zero-order valence-electron chi connectivity index (χ0n) is 13.4. The molecule has 0 aromatic carbocycles. The number of likely N-dealkylation sites (N-methyl/N-ethyl adjacent to an activating group) is 1. The van der Waals surface area contributed by atoms with Gasteiger partial charge in [0.2, 0.25) is 0 Å². The van der Waals surface area contributed by atoms with E-state index in [9.17, 15) is 0 Å². The van der Waals surface area contributed by atoms with E-state index in [0.29, 0.717) is 0 Å². The van der Waals surface area contributed by atoms with E-state index in [1.54, 1.807) is 7.11 Å². The maximum Gasteiger partial charge on any atom is 0.131 e. The summed E-state index contributed by atoms with van der Waals surface area (Å²) < 4.78 is 12.4. The van der Waals surface area contributed by atoms with E-state index in [0.717, 1.165) is 51.0 Å². The lowest BCUT2D eigenvalue weighted by atomic mass is 10.2. The summed E-state index contributed by atoms with van der Waals surface area (Å²) in [5.74, 6) is 1.15. The second-order valence-corrected chi connectivity index (χ2v) is 4.80. The van der Waals surface area contributed by atoms with Crippen molar-refractivity contribution in [1.29, 1.82) is 0 Å². The first kappa shape index (κ1) is 16.9. The van der Waals surface area contributed by atoms with E-state index in [-0.39, 0.29) is 0 Å². The van der Waals surface area contributed by atoms with Crippen molar-refractivity contribution in [2.75, 3.05) is 52.0 Å². The molecule has 1 N–H and O–H groups in total. The molecule has 0 radical (unpaired) electrons. The van der Waals surface area contributed by atoms with Gasteiger partial charge in [0.15, 0.2) is 0 Å². The molecule has 0 aliphatic carbocycles. The van der Waals surface area contributed by atoms with Crippen LogP contribution in [-0.4, -0.2) is 56.8 Å². The molecule has 116 valence electrons. The quantitative estimate of drug-likeness (QED) is 0.648. The summed E-state index contributed by atoms with van der Waals surface area (Å²) in [4.78, 5) is 2.20. The highest BCUT2D eigenvalue weighted by atomic mass is 16.5. The van der Waals surface area contributed by atoms with Crippen LogP contribution in [0.1, 0.15) is 18.2 Å².